The molecule has 0 fully saturated rings. The number of ether oxygens (including phenoxy) is 1. The monoisotopic (exact) mass is 347 g/mol. The van der Waals surface area contributed by atoms with Crippen LogP contribution >= 0.6 is 0 Å². The van der Waals surface area contributed by atoms with Gasteiger partial charge in [-0.15, -0.1) is 0 Å². The van der Waals surface area contributed by atoms with Gasteiger partial charge in [-0.05, 0) is 49.1 Å². The Bertz CT molecular complexity index is 872. The van der Waals surface area contributed by atoms with Crippen LogP contribution in [0.2, 0.25) is 0 Å². The maximum Gasteiger partial charge on any atom is 0.227 e. The minimum Gasteiger partial charge on any atom is -0.457 e. The number of amides is 1. The first kappa shape index (κ1) is 16.4. The molecule has 1 aliphatic carbocycles. The largest absolute Gasteiger partial charge is 0.457 e. The number of hydrogen-bond donors (Lipinski definition) is 2. The van der Waals surface area contributed by atoms with E-state index in [2.05, 4.69) is 15.5 Å². The first-order valence-corrected chi connectivity index (χ1v) is 8.91. The number of nitrogens with zero attached hydrogens (tertiary/aromatic N) is 1. The number of benzene rings is 2. The van der Waals surface area contributed by atoms with Crippen molar-refractivity contribution in [3.63, 3.8) is 0 Å². The first-order chi connectivity index (χ1) is 12.8. The molecule has 26 heavy (non-hydrogen) atoms. The quantitative estimate of drug-likeness (QED) is 0.735. The van der Waals surface area contributed by atoms with Crippen LogP contribution in [-0.2, 0) is 17.8 Å². The van der Waals surface area contributed by atoms with E-state index >= 15 is 0 Å². The molecule has 132 valence electrons. The molecule has 1 amide bonds. The highest BCUT2D eigenvalue weighted by Crippen LogP contribution is 2.30. The van der Waals surface area contributed by atoms with E-state index in [1.807, 2.05) is 54.6 Å². The zero-order valence-corrected chi connectivity index (χ0v) is 14.4. The fourth-order valence-corrected chi connectivity index (χ4v) is 3.35. The lowest BCUT2D eigenvalue weighted by molar-refractivity contribution is -0.123. The molecule has 1 aromatic heterocycles. The van der Waals surface area contributed by atoms with Crippen molar-refractivity contribution >= 4 is 5.91 Å². The molecule has 3 aromatic rings. The topological polar surface area (TPSA) is 67.0 Å². The van der Waals surface area contributed by atoms with E-state index < -0.39 is 0 Å². The summed E-state index contributed by atoms with van der Waals surface area (Å²) in [5.41, 5.74) is 3.18. The first-order valence-electron chi connectivity index (χ1n) is 8.91. The fraction of sp³-hybridized carbons (Fsp3) is 0.238. The lowest BCUT2D eigenvalue weighted by atomic mass is 9.86. The summed E-state index contributed by atoms with van der Waals surface area (Å²) >= 11 is 0. The molecule has 0 spiro atoms. The van der Waals surface area contributed by atoms with Gasteiger partial charge in [-0.2, -0.15) is 5.10 Å². The predicted octanol–water partition coefficient (Wildman–Crippen LogP) is 3.94. The lowest BCUT2D eigenvalue weighted by Crippen LogP contribution is -2.30. The molecule has 0 saturated carbocycles. The predicted molar refractivity (Wildman–Crippen MR) is 99.1 cm³/mol. The number of aryl methyl sites for hydroxylation is 1. The van der Waals surface area contributed by atoms with Gasteiger partial charge in [-0.1, -0.05) is 30.3 Å². The molecular formula is C21H21N3O2. The molecule has 2 N–H and O–H groups in total. The summed E-state index contributed by atoms with van der Waals surface area (Å²) in [6.07, 6.45) is 4.65. The zero-order chi connectivity index (χ0) is 17.8. The number of hydrogen-bond acceptors (Lipinski definition) is 3. The number of carbonyl (C=O) groups excluding carboxylic acids is 1. The molecule has 5 heteroatoms. The molecule has 0 aliphatic heterocycles. The third-order valence-corrected chi connectivity index (χ3v) is 4.73. The number of nitrogens with one attached hydrogen (secondary N) is 2. The van der Waals surface area contributed by atoms with Gasteiger partial charge in [0.25, 0.3) is 0 Å². The van der Waals surface area contributed by atoms with Crippen LogP contribution in [0.15, 0.2) is 60.8 Å². The number of aromatic nitrogens is 2. The van der Waals surface area contributed by atoms with Crippen molar-refractivity contribution < 1.29 is 9.53 Å². The Morgan fingerprint density at radius 3 is 2.69 bits per heavy atom. The van der Waals surface area contributed by atoms with E-state index in [0.29, 0.717) is 6.54 Å². The molecule has 2 aromatic carbocycles. The second-order valence-electron chi connectivity index (χ2n) is 6.53. The summed E-state index contributed by atoms with van der Waals surface area (Å²) in [4.78, 5) is 12.6. The molecule has 4 rings (SSSR count). The third kappa shape index (κ3) is 3.61. The standard InChI is InChI=1S/C21H21N3O2/c25-21(18-7-4-8-20-19(18)14-23-24-20)22-13-15-9-11-17(12-10-15)26-16-5-2-1-3-6-16/h1-3,5-6,9-12,14,18H,4,7-8,13H2,(H,22,25)(H,23,24). The van der Waals surface area contributed by atoms with Gasteiger partial charge in [0, 0.05) is 17.8 Å². The Morgan fingerprint density at radius 2 is 1.88 bits per heavy atom. The highest BCUT2D eigenvalue weighted by Gasteiger charge is 2.27. The van der Waals surface area contributed by atoms with Crippen LogP contribution in [0.1, 0.15) is 35.6 Å². The Hall–Kier alpha value is -3.08. The van der Waals surface area contributed by atoms with Gasteiger partial charge >= 0.3 is 0 Å². The lowest BCUT2D eigenvalue weighted by Gasteiger charge is -2.21. The van der Waals surface area contributed by atoms with Gasteiger partial charge in [0.05, 0.1) is 12.1 Å². The number of rotatable bonds is 5. The Labute approximate surface area is 152 Å². The van der Waals surface area contributed by atoms with Crippen molar-refractivity contribution in [3.05, 3.63) is 77.6 Å². The Balaban J connectivity index is 1.34. The average molecular weight is 347 g/mol. The Morgan fingerprint density at radius 1 is 1.12 bits per heavy atom. The maximum absolute atomic E-state index is 12.6. The van der Waals surface area contributed by atoms with Gasteiger partial charge in [0.15, 0.2) is 0 Å². The summed E-state index contributed by atoms with van der Waals surface area (Å²) in [6, 6.07) is 17.5. The van der Waals surface area contributed by atoms with E-state index in [1.54, 1.807) is 6.20 Å². The summed E-state index contributed by atoms with van der Waals surface area (Å²) in [7, 11) is 0. The summed E-state index contributed by atoms with van der Waals surface area (Å²) in [5.74, 6) is 1.55. The SMILES string of the molecule is O=C(NCc1ccc(Oc2ccccc2)cc1)C1CCCc2[nH]ncc21. The van der Waals surface area contributed by atoms with Crippen LogP contribution in [0.3, 0.4) is 0 Å². The second-order valence-corrected chi connectivity index (χ2v) is 6.53. The zero-order valence-electron chi connectivity index (χ0n) is 14.4. The van der Waals surface area contributed by atoms with E-state index in [9.17, 15) is 4.79 Å². The van der Waals surface area contributed by atoms with Crippen LogP contribution in [0, 0.1) is 0 Å². The minimum atomic E-state index is -0.0989. The molecular weight excluding hydrogens is 326 g/mol. The summed E-state index contributed by atoms with van der Waals surface area (Å²) < 4.78 is 5.79. The van der Waals surface area contributed by atoms with Crippen LogP contribution in [0.25, 0.3) is 0 Å². The highest BCUT2D eigenvalue weighted by molar-refractivity contribution is 5.84. The van der Waals surface area contributed by atoms with Gasteiger partial charge in [0.2, 0.25) is 5.91 Å². The number of aromatic amines is 1. The average Bonchev–Trinajstić information content (AvgIpc) is 3.17. The van der Waals surface area contributed by atoms with Crippen molar-refractivity contribution in [1.82, 2.24) is 15.5 Å². The van der Waals surface area contributed by atoms with Gasteiger partial charge in [-0.3, -0.25) is 9.89 Å². The number of para-hydroxylation sites is 1. The molecule has 1 aliphatic rings. The van der Waals surface area contributed by atoms with Gasteiger partial charge < -0.3 is 10.1 Å². The van der Waals surface area contributed by atoms with Crippen molar-refractivity contribution in [3.8, 4) is 11.5 Å². The van der Waals surface area contributed by atoms with Crippen molar-refractivity contribution in [2.75, 3.05) is 0 Å². The van der Waals surface area contributed by atoms with Gasteiger partial charge in [-0.25, -0.2) is 0 Å². The van der Waals surface area contributed by atoms with Crippen LogP contribution in [0.5, 0.6) is 11.5 Å². The summed E-state index contributed by atoms with van der Waals surface area (Å²) in [5, 5.41) is 10.1. The van der Waals surface area contributed by atoms with E-state index in [-0.39, 0.29) is 11.8 Å². The number of carbonyl (C=O) groups is 1. The molecule has 0 bridgehead atoms. The van der Waals surface area contributed by atoms with Crippen molar-refractivity contribution in [1.29, 1.82) is 0 Å². The van der Waals surface area contributed by atoms with E-state index in [0.717, 1.165) is 47.6 Å². The van der Waals surface area contributed by atoms with Gasteiger partial charge in [0.1, 0.15) is 11.5 Å². The molecule has 5 nitrogen and oxygen atoms in total. The Kier molecular flexibility index (Phi) is 4.69. The summed E-state index contributed by atoms with van der Waals surface area (Å²) in [6.45, 7) is 0.508. The van der Waals surface area contributed by atoms with Crippen LogP contribution in [-0.4, -0.2) is 16.1 Å². The second kappa shape index (κ2) is 7.44. The van der Waals surface area contributed by atoms with Crippen LogP contribution < -0.4 is 10.1 Å². The molecule has 0 saturated heterocycles. The van der Waals surface area contributed by atoms with Crippen molar-refractivity contribution in [2.24, 2.45) is 0 Å². The minimum absolute atomic E-state index is 0.0666. The fourth-order valence-electron chi connectivity index (χ4n) is 3.35. The van der Waals surface area contributed by atoms with Crippen molar-refractivity contribution in [2.45, 2.75) is 31.7 Å². The normalized spacial score (nSPS) is 15.9. The third-order valence-electron chi connectivity index (χ3n) is 4.73. The molecule has 1 unspecified atom stereocenters. The number of fused-ring (bicyclic) bond motifs is 1. The molecule has 1 heterocycles. The molecule has 1 atom stereocenters. The van der Waals surface area contributed by atoms with E-state index in [1.165, 1.54) is 0 Å². The van der Waals surface area contributed by atoms with Crippen LogP contribution in [0.4, 0.5) is 0 Å². The smallest absolute Gasteiger partial charge is 0.227 e. The number of H-pyrrole nitrogens is 1. The maximum atomic E-state index is 12.6. The highest BCUT2D eigenvalue weighted by atomic mass is 16.5. The van der Waals surface area contributed by atoms with E-state index in [4.69, 9.17) is 4.74 Å². The molecule has 0 radical (unpaired) electrons.